The largest absolute Gasteiger partial charge is 0.497 e. The number of benzene rings is 3. The number of carbonyl (C=O) groups is 2. The van der Waals surface area contributed by atoms with Gasteiger partial charge in [-0.15, -0.1) is 0 Å². The molecule has 0 heterocycles. The van der Waals surface area contributed by atoms with Crippen LogP contribution in [0.15, 0.2) is 78.9 Å². The minimum atomic E-state index is -0.342. The van der Waals surface area contributed by atoms with Crippen molar-refractivity contribution in [1.29, 1.82) is 0 Å². The molecule has 3 rings (SSSR count). The Morgan fingerprint density at radius 2 is 1.55 bits per heavy atom. The van der Waals surface area contributed by atoms with Gasteiger partial charge in [0, 0.05) is 19.2 Å². The van der Waals surface area contributed by atoms with E-state index in [-0.39, 0.29) is 16.9 Å². The summed E-state index contributed by atoms with van der Waals surface area (Å²) in [5.74, 6) is 0.0905. The average Bonchev–Trinajstić information content (AvgIpc) is 2.82. The van der Waals surface area contributed by atoms with Crippen LogP contribution in [0.3, 0.4) is 0 Å². The van der Waals surface area contributed by atoms with Gasteiger partial charge in [-0.05, 0) is 54.2 Å². The number of nitrogens with zero attached hydrogens (tertiary/aromatic N) is 1. The summed E-state index contributed by atoms with van der Waals surface area (Å²) >= 11 is 5.41. The van der Waals surface area contributed by atoms with E-state index in [4.69, 9.17) is 17.0 Å². The molecular formula is C24H23N3O3S. The molecule has 0 fully saturated rings. The molecule has 31 heavy (non-hydrogen) atoms. The van der Waals surface area contributed by atoms with Crippen LogP contribution in [0.2, 0.25) is 0 Å². The van der Waals surface area contributed by atoms with E-state index in [2.05, 4.69) is 10.6 Å². The van der Waals surface area contributed by atoms with Crippen LogP contribution in [0.25, 0.3) is 0 Å². The first-order valence-electron chi connectivity index (χ1n) is 9.64. The second-order valence-corrected chi connectivity index (χ2v) is 7.12. The van der Waals surface area contributed by atoms with Crippen molar-refractivity contribution in [3.8, 4) is 5.75 Å². The Labute approximate surface area is 186 Å². The molecule has 2 N–H and O–H groups in total. The van der Waals surface area contributed by atoms with Crippen molar-refractivity contribution in [3.05, 3.63) is 95.6 Å². The molecule has 3 aromatic rings. The summed E-state index contributed by atoms with van der Waals surface area (Å²) < 4.78 is 5.11. The minimum absolute atomic E-state index is 0.184. The third kappa shape index (κ3) is 5.67. The van der Waals surface area contributed by atoms with Gasteiger partial charge in [0.1, 0.15) is 5.75 Å². The van der Waals surface area contributed by atoms with E-state index in [0.717, 1.165) is 5.56 Å². The van der Waals surface area contributed by atoms with Crippen LogP contribution in [0.5, 0.6) is 5.75 Å². The number of rotatable bonds is 6. The number of amides is 2. The Kier molecular flexibility index (Phi) is 7.35. The van der Waals surface area contributed by atoms with E-state index in [0.29, 0.717) is 29.1 Å². The number of para-hydroxylation sites is 1. The molecule has 0 aliphatic heterocycles. The fourth-order valence-electron chi connectivity index (χ4n) is 2.94. The molecule has 0 radical (unpaired) electrons. The predicted octanol–water partition coefficient (Wildman–Crippen LogP) is 3.78. The third-order valence-electron chi connectivity index (χ3n) is 4.68. The fraction of sp³-hybridized carbons (Fsp3) is 0.125. The number of ether oxygens (including phenoxy) is 1. The second-order valence-electron chi connectivity index (χ2n) is 6.73. The molecule has 0 aromatic heterocycles. The zero-order chi connectivity index (χ0) is 22.2. The van der Waals surface area contributed by atoms with E-state index in [1.165, 1.54) is 0 Å². The molecule has 0 saturated heterocycles. The lowest BCUT2D eigenvalue weighted by Crippen LogP contribution is -2.41. The van der Waals surface area contributed by atoms with Crippen LogP contribution in [0.4, 0.5) is 5.69 Å². The smallest absolute Gasteiger partial charge is 0.257 e. The number of anilines is 1. The Balaban J connectivity index is 1.69. The van der Waals surface area contributed by atoms with E-state index in [1.807, 2.05) is 36.4 Å². The first-order chi connectivity index (χ1) is 15.0. The van der Waals surface area contributed by atoms with Gasteiger partial charge in [0.25, 0.3) is 11.8 Å². The van der Waals surface area contributed by atoms with Crippen LogP contribution in [-0.4, -0.2) is 31.1 Å². The Morgan fingerprint density at radius 3 is 2.23 bits per heavy atom. The van der Waals surface area contributed by atoms with Gasteiger partial charge in [-0.1, -0.05) is 42.5 Å². The summed E-state index contributed by atoms with van der Waals surface area (Å²) in [5, 5.41) is 5.81. The summed E-state index contributed by atoms with van der Waals surface area (Å²) in [6.07, 6.45) is 0. The van der Waals surface area contributed by atoms with E-state index < -0.39 is 0 Å². The Morgan fingerprint density at radius 1 is 0.903 bits per heavy atom. The highest BCUT2D eigenvalue weighted by Crippen LogP contribution is 2.20. The molecule has 0 aliphatic rings. The monoisotopic (exact) mass is 433 g/mol. The lowest BCUT2D eigenvalue weighted by atomic mass is 10.1. The summed E-state index contributed by atoms with van der Waals surface area (Å²) in [7, 11) is 3.27. The number of thiocarbonyl (C=S) groups is 1. The van der Waals surface area contributed by atoms with Gasteiger partial charge in [-0.3, -0.25) is 14.9 Å². The van der Waals surface area contributed by atoms with Gasteiger partial charge in [0.15, 0.2) is 5.11 Å². The Bertz CT molecular complexity index is 1070. The van der Waals surface area contributed by atoms with E-state index >= 15 is 0 Å². The SMILES string of the molecule is COc1ccc(C(=O)NC(=S)N(C)c2ccccc2C(=O)NCc2ccccc2)cc1. The van der Waals surface area contributed by atoms with Gasteiger partial charge >= 0.3 is 0 Å². The molecule has 2 amide bonds. The van der Waals surface area contributed by atoms with Crippen LogP contribution < -0.4 is 20.3 Å². The van der Waals surface area contributed by atoms with Gasteiger partial charge in [-0.2, -0.15) is 0 Å². The van der Waals surface area contributed by atoms with Crippen molar-refractivity contribution < 1.29 is 14.3 Å². The lowest BCUT2D eigenvalue weighted by molar-refractivity contribution is 0.0950. The standard InChI is InChI=1S/C24H23N3O3S/c1-27(24(31)26-22(28)18-12-14-19(30-2)15-13-18)21-11-7-6-10-20(21)23(29)25-16-17-8-4-3-5-9-17/h3-15H,16H2,1-2H3,(H,25,29)(H,26,28,31). The van der Waals surface area contributed by atoms with Crippen LogP contribution in [0.1, 0.15) is 26.3 Å². The summed E-state index contributed by atoms with van der Waals surface area (Å²) in [4.78, 5) is 26.9. The van der Waals surface area contributed by atoms with E-state index in [1.54, 1.807) is 61.5 Å². The van der Waals surface area contributed by atoms with Crippen LogP contribution in [0, 0.1) is 0 Å². The maximum atomic E-state index is 12.8. The molecule has 0 aliphatic carbocycles. The summed E-state index contributed by atoms with van der Waals surface area (Å²) in [6, 6.07) is 23.5. The van der Waals surface area contributed by atoms with Gasteiger partial charge in [0.05, 0.1) is 18.4 Å². The third-order valence-corrected chi connectivity index (χ3v) is 5.06. The van der Waals surface area contributed by atoms with Gasteiger partial charge in [-0.25, -0.2) is 0 Å². The van der Waals surface area contributed by atoms with Crippen molar-refractivity contribution in [2.45, 2.75) is 6.54 Å². The summed E-state index contributed by atoms with van der Waals surface area (Å²) in [6.45, 7) is 0.413. The normalized spacial score (nSPS) is 10.1. The van der Waals surface area contributed by atoms with E-state index in [9.17, 15) is 9.59 Å². The maximum Gasteiger partial charge on any atom is 0.257 e. The fourth-order valence-corrected chi connectivity index (χ4v) is 3.13. The number of methoxy groups -OCH3 is 1. The molecule has 0 spiro atoms. The van der Waals surface area contributed by atoms with Crippen LogP contribution >= 0.6 is 12.2 Å². The number of hydrogen-bond acceptors (Lipinski definition) is 4. The van der Waals surface area contributed by atoms with Crippen molar-refractivity contribution in [3.63, 3.8) is 0 Å². The zero-order valence-electron chi connectivity index (χ0n) is 17.3. The molecule has 3 aromatic carbocycles. The van der Waals surface area contributed by atoms with Crippen molar-refractivity contribution >= 4 is 34.8 Å². The minimum Gasteiger partial charge on any atom is -0.497 e. The van der Waals surface area contributed by atoms with Crippen molar-refractivity contribution in [2.75, 3.05) is 19.1 Å². The summed E-state index contributed by atoms with van der Waals surface area (Å²) in [5.41, 5.74) is 2.50. The Hall–Kier alpha value is -3.71. The molecule has 0 unspecified atom stereocenters. The molecular weight excluding hydrogens is 410 g/mol. The topological polar surface area (TPSA) is 70.7 Å². The van der Waals surface area contributed by atoms with Gasteiger partial charge < -0.3 is 15.0 Å². The molecule has 158 valence electrons. The highest BCUT2D eigenvalue weighted by atomic mass is 32.1. The predicted molar refractivity (Wildman–Crippen MR) is 126 cm³/mol. The maximum absolute atomic E-state index is 12.8. The molecule has 6 nitrogen and oxygen atoms in total. The van der Waals surface area contributed by atoms with Gasteiger partial charge in [0.2, 0.25) is 0 Å². The van der Waals surface area contributed by atoms with Crippen molar-refractivity contribution in [2.24, 2.45) is 0 Å². The highest BCUT2D eigenvalue weighted by Gasteiger charge is 2.18. The molecule has 7 heteroatoms. The van der Waals surface area contributed by atoms with Crippen LogP contribution in [-0.2, 0) is 6.54 Å². The lowest BCUT2D eigenvalue weighted by Gasteiger charge is -2.23. The number of carbonyl (C=O) groups excluding carboxylic acids is 2. The average molecular weight is 434 g/mol. The second kappa shape index (κ2) is 10.4. The van der Waals surface area contributed by atoms with Crippen molar-refractivity contribution in [1.82, 2.24) is 10.6 Å². The first-order valence-corrected chi connectivity index (χ1v) is 10.0. The first kappa shape index (κ1) is 22.0. The highest BCUT2D eigenvalue weighted by molar-refractivity contribution is 7.80. The number of nitrogens with one attached hydrogen (secondary N) is 2. The quantitative estimate of drug-likeness (QED) is 0.579. The zero-order valence-corrected chi connectivity index (χ0v) is 18.1. The number of hydrogen-bond donors (Lipinski definition) is 2. The molecule has 0 saturated carbocycles. The molecule has 0 bridgehead atoms. The molecule has 0 atom stereocenters.